The maximum atomic E-state index is 11.8. The Kier molecular flexibility index (Phi) is 4.95. The number of hydrogen-bond donors (Lipinski definition) is 2. The van der Waals surface area contributed by atoms with Crippen LogP contribution in [-0.4, -0.2) is 55.2 Å². The molecule has 2 heterocycles. The maximum absolute atomic E-state index is 11.8. The molecule has 104 valence electrons. The molecule has 0 aliphatic carbocycles. The van der Waals surface area contributed by atoms with Gasteiger partial charge in [0.2, 0.25) is 0 Å². The second-order valence-electron chi connectivity index (χ2n) is 4.28. The van der Waals surface area contributed by atoms with Gasteiger partial charge in [0.05, 0.1) is 18.8 Å². The normalized spacial score (nSPS) is 16.3. The summed E-state index contributed by atoms with van der Waals surface area (Å²) in [5.74, 6) is -0.244. The fourth-order valence-corrected chi connectivity index (χ4v) is 2.01. The molecular weight excluding hydrogens is 270 g/mol. The minimum atomic E-state index is -0.397. The summed E-state index contributed by atoms with van der Waals surface area (Å²) in [6.07, 6.45) is 1.36. The third-order valence-corrected chi connectivity index (χ3v) is 3.22. The van der Waals surface area contributed by atoms with E-state index in [2.05, 4.69) is 15.2 Å². The summed E-state index contributed by atoms with van der Waals surface area (Å²) in [5.41, 5.74) is -0.0434. The van der Waals surface area contributed by atoms with Crippen molar-refractivity contribution in [2.75, 3.05) is 39.4 Å². The van der Waals surface area contributed by atoms with Gasteiger partial charge in [-0.05, 0) is 6.07 Å². The van der Waals surface area contributed by atoms with Crippen LogP contribution in [0.1, 0.15) is 10.4 Å². The summed E-state index contributed by atoms with van der Waals surface area (Å²) in [7, 11) is 0. The number of halogens is 1. The largest absolute Gasteiger partial charge is 0.379 e. The van der Waals surface area contributed by atoms with E-state index in [0.29, 0.717) is 12.1 Å². The van der Waals surface area contributed by atoms with Crippen molar-refractivity contribution in [1.29, 1.82) is 0 Å². The lowest BCUT2D eigenvalue weighted by molar-refractivity contribution is 0.0383. The number of ether oxygens (including phenoxy) is 1. The molecule has 19 heavy (non-hydrogen) atoms. The quantitative estimate of drug-likeness (QED) is 0.822. The highest BCUT2D eigenvalue weighted by Crippen LogP contribution is 2.03. The second kappa shape index (κ2) is 6.70. The van der Waals surface area contributed by atoms with Gasteiger partial charge in [-0.2, -0.15) is 0 Å². The Morgan fingerprint density at radius 3 is 2.89 bits per heavy atom. The highest BCUT2D eigenvalue weighted by molar-refractivity contribution is 6.30. The number of nitrogens with one attached hydrogen (secondary N) is 2. The topological polar surface area (TPSA) is 74.4 Å². The number of pyridine rings is 1. The summed E-state index contributed by atoms with van der Waals surface area (Å²) in [5, 5.41) is 2.81. The number of morpholine rings is 1. The Balaban J connectivity index is 1.80. The molecule has 0 bridgehead atoms. The van der Waals surface area contributed by atoms with E-state index in [-0.39, 0.29) is 10.9 Å². The van der Waals surface area contributed by atoms with Crippen LogP contribution in [0.5, 0.6) is 0 Å². The fourth-order valence-electron chi connectivity index (χ4n) is 1.84. The molecule has 1 aliphatic heterocycles. The van der Waals surface area contributed by atoms with Gasteiger partial charge in [0, 0.05) is 32.4 Å². The molecule has 6 nitrogen and oxygen atoms in total. The number of amides is 1. The number of aromatic nitrogens is 1. The SMILES string of the molecule is O=C(NCCN1CCOCC1)c1c[nH]c(=O)c(Cl)c1. The van der Waals surface area contributed by atoms with Crippen molar-refractivity contribution in [3.8, 4) is 0 Å². The van der Waals surface area contributed by atoms with E-state index in [1.165, 1.54) is 12.3 Å². The van der Waals surface area contributed by atoms with Gasteiger partial charge in [-0.25, -0.2) is 0 Å². The van der Waals surface area contributed by atoms with Gasteiger partial charge in [0.15, 0.2) is 0 Å². The molecule has 1 fully saturated rings. The average molecular weight is 286 g/mol. The van der Waals surface area contributed by atoms with Gasteiger partial charge in [-0.15, -0.1) is 0 Å². The molecule has 1 amide bonds. The lowest BCUT2D eigenvalue weighted by atomic mass is 10.2. The summed E-state index contributed by atoms with van der Waals surface area (Å²) in [6, 6.07) is 1.37. The zero-order valence-corrected chi connectivity index (χ0v) is 11.2. The third-order valence-electron chi connectivity index (χ3n) is 2.94. The van der Waals surface area contributed by atoms with Crippen molar-refractivity contribution in [3.05, 3.63) is 33.2 Å². The van der Waals surface area contributed by atoms with E-state index < -0.39 is 5.56 Å². The second-order valence-corrected chi connectivity index (χ2v) is 4.68. The number of rotatable bonds is 4. The maximum Gasteiger partial charge on any atom is 0.266 e. The van der Waals surface area contributed by atoms with Gasteiger partial charge in [-0.3, -0.25) is 14.5 Å². The number of hydrogen-bond acceptors (Lipinski definition) is 4. The van der Waals surface area contributed by atoms with E-state index in [9.17, 15) is 9.59 Å². The van der Waals surface area contributed by atoms with Crippen molar-refractivity contribution < 1.29 is 9.53 Å². The van der Waals surface area contributed by atoms with Crippen LogP contribution in [0.2, 0.25) is 5.02 Å². The van der Waals surface area contributed by atoms with Gasteiger partial charge >= 0.3 is 0 Å². The first kappa shape index (κ1) is 14.0. The first-order valence-corrected chi connectivity index (χ1v) is 6.51. The Hall–Kier alpha value is -1.37. The molecular formula is C12H16ClN3O3. The average Bonchev–Trinajstić information content (AvgIpc) is 2.43. The molecule has 0 aromatic carbocycles. The number of nitrogens with zero attached hydrogens (tertiary/aromatic N) is 1. The third kappa shape index (κ3) is 4.05. The minimum Gasteiger partial charge on any atom is -0.379 e. The Morgan fingerprint density at radius 1 is 1.47 bits per heavy atom. The summed E-state index contributed by atoms with van der Waals surface area (Å²) in [4.78, 5) is 27.5. The Bertz CT molecular complexity index is 497. The molecule has 2 rings (SSSR count). The molecule has 7 heteroatoms. The van der Waals surface area contributed by atoms with Crippen LogP contribution in [0.25, 0.3) is 0 Å². The summed E-state index contributed by atoms with van der Waals surface area (Å²) < 4.78 is 5.24. The molecule has 1 aromatic rings. The van der Waals surface area contributed by atoms with Crippen molar-refractivity contribution in [3.63, 3.8) is 0 Å². The number of H-pyrrole nitrogens is 1. The number of carbonyl (C=O) groups is 1. The highest BCUT2D eigenvalue weighted by atomic mass is 35.5. The van der Waals surface area contributed by atoms with Crippen molar-refractivity contribution in [1.82, 2.24) is 15.2 Å². The van der Waals surface area contributed by atoms with Gasteiger partial charge < -0.3 is 15.0 Å². The molecule has 1 saturated heterocycles. The minimum absolute atomic E-state index is 0.0147. The van der Waals surface area contributed by atoms with Crippen LogP contribution < -0.4 is 10.9 Å². The van der Waals surface area contributed by atoms with Crippen LogP contribution in [0.15, 0.2) is 17.1 Å². The standard InChI is InChI=1S/C12H16ClN3O3/c13-10-7-9(8-15-12(10)18)11(17)14-1-2-16-3-5-19-6-4-16/h7-8H,1-6H2,(H,14,17)(H,15,18). The predicted molar refractivity (Wildman–Crippen MR) is 71.7 cm³/mol. The van der Waals surface area contributed by atoms with Crippen molar-refractivity contribution in [2.24, 2.45) is 0 Å². The van der Waals surface area contributed by atoms with Gasteiger partial charge in [0.1, 0.15) is 5.02 Å². The van der Waals surface area contributed by atoms with Crippen LogP contribution in [0, 0.1) is 0 Å². The lowest BCUT2D eigenvalue weighted by Gasteiger charge is -2.26. The Labute approximate surface area is 115 Å². The van der Waals surface area contributed by atoms with Crippen molar-refractivity contribution in [2.45, 2.75) is 0 Å². The van der Waals surface area contributed by atoms with Gasteiger partial charge in [-0.1, -0.05) is 11.6 Å². The van der Waals surface area contributed by atoms with Crippen LogP contribution in [0.4, 0.5) is 0 Å². The molecule has 0 atom stereocenters. The first-order chi connectivity index (χ1) is 9.16. The molecule has 1 aliphatic rings. The number of carbonyl (C=O) groups excluding carboxylic acids is 1. The van der Waals surface area contributed by atoms with Crippen LogP contribution in [-0.2, 0) is 4.74 Å². The zero-order valence-electron chi connectivity index (χ0n) is 10.4. The van der Waals surface area contributed by atoms with E-state index >= 15 is 0 Å². The molecule has 0 unspecified atom stereocenters. The monoisotopic (exact) mass is 285 g/mol. The van der Waals surface area contributed by atoms with Crippen LogP contribution in [0.3, 0.4) is 0 Å². The van der Waals surface area contributed by atoms with E-state index in [4.69, 9.17) is 16.3 Å². The predicted octanol–water partition coefficient (Wildman–Crippen LogP) is 0.0903. The molecule has 0 spiro atoms. The summed E-state index contributed by atoms with van der Waals surface area (Å²) >= 11 is 5.67. The fraction of sp³-hybridized carbons (Fsp3) is 0.500. The summed E-state index contributed by atoms with van der Waals surface area (Å²) in [6.45, 7) is 4.59. The van der Waals surface area contributed by atoms with E-state index in [1.54, 1.807) is 0 Å². The zero-order chi connectivity index (χ0) is 13.7. The van der Waals surface area contributed by atoms with Crippen molar-refractivity contribution >= 4 is 17.5 Å². The van der Waals surface area contributed by atoms with E-state index in [0.717, 1.165) is 32.8 Å². The smallest absolute Gasteiger partial charge is 0.266 e. The van der Waals surface area contributed by atoms with E-state index in [1.807, 2.05) is 0 Å². The Morgan fingerprint density at radius 2 is 2.21 bits per heavy atom. The molecule has 0 radical (unpaired) electrons. The molecule has 1 aromatic heterocycles. The first-order valence-electron chi connectivity index (χ1n) is 6.13. The number of aromatic amines is 1. The van der Waals surface area contributed by atoms with Gasteiger partial charge in [0.25, 0.3) is 11.5 Å². The van der Waals surface area contributed by atoms with Crippen LogP contribution >= 0.6 is 11.6 Å². The lowest BCUT2D eigenvalue weighted by Crippen LogP contribution is -2.41. The molecule has 0 saturated carbocycles. The molecule has 2 N–H and O–H groups in total. The highest BCUT2D eigenvalue weighted by Gasteiger charge is 2.11.